The third kappa shape index (κ3) is 8.95. The minimum absolute atomic E-state index is 0. The van der Waals surface area contributed by atoms with Crippen LogP contribution < -0.4 is 0 Å². The van der Waals surface area contributed by atoms with Crippen LogP contribution in [-0.2, 0) is 9.47 Å². The molecule has 6 heavy (non-hydrogen) atoms. The van der Waals surface area contributed by atoms with Crippen LogP contribution in [0.4, 0.5) is 0 Å². The SMILES string of the molecule is COCOC.[CaH2]. The van der Waals surface area contributed by atoms with E-state index in [1.165, 1.54) is 0 Å². The van der Waals surface area contributed by atoms with Gasteiger partial charge in [-0.2, -0.15) is 0 Å². The molecule has 0 spiro atoms. The van der Waals surface area contributed by atoms with Crippen LogP contribution in [0.2, 0.25) is 0 Å². The average molecular weight is 118 g/mol. The summed E-state index contributed by atoms with van der Waals surface area (Å²) >= 11 is 0. The zero-order chi connectivity index (χ0) is 4.12. The van der Waals surface area contributed by atoms with E-state index >= 15 is 0 Å². The normalized spacial score (nSPS) is 7.00. The van der Waals surface area contributed by atoms with Crippen molar-refractivity contribution in [3.8, 4) is 0 Å². The summed E-state index contributed by atoms with van der Waals surface area (Å²) in [4.78, 5) is 0. The summed E-state index contributed by atoms with van der Waals surface area (Å²) in [5.74, 6) is 0. The zero-order valence-corrected chi connectivity index (χ0v) is 3.52. The molecule has 0 radical (unpaired) electrons. The maximum absolute atomic E-state index is 4.47. The first-order valence-corrected chi connectivity index (χ1v) is 1.39. The molecule has 0 aliphatic carbocycles. The van der Waals surface area contributed by atoms with E-state index in [-0.39, 0.29) is 37.7 Å². The molecule has 0 heterocycles. The van der Waals surface area contributed by atoms with Crippen molar-refractivity contribution < 1.29 is 9.47 Å². The van der Waals surface area contributed by atoms with Crippen LogP contribution >= 0.6 is 0 Å². The predicted octanol–water partition coefficient (Wildman–Crippen LogP) is -0.679. The molecule has 0 aliphatic heterocycles. The first-order chi connectivity index (χ1) is 2.41. The van der Waals surface area contributed by atoms with Gasteiger partial charge in [0, 0.05) is 14.2 Å². The van der Waals surface area contributed by atoms with E-state index in [4.69, 9.17) is 0 Å². The van der Waals surface area contributed by atoms with Gasteiger partial charge in [0.2, 0.25) is 0 Å². The molecule has 36 valence electrons. The van der Waals surface area contributed by atoms with E-state index in [0.717, 1.165) is 0 Å². The average Bonchev–Trinajstić information content (AvgIpc) is 1.41. The van der Waals surface area contributed by atoms with Gasteiger partial charge in [0.25, 0.3) is 0 Å². The van der Waals surface area contributed by atoms with Gasteiger partial charge in [-0.3, -0.25) is 0 Å². The number of hydrogen-bond donors (Lipinski definition) is 0. The fourth-order valence-corrected chi connectivity index (χ4v) is 0.118. The predicted molar refractivity (Wildman–Crippen MR) is 27.4 cm³/mol. The fourth-order valence-electron chi connectivity index (χ4n) is 0.118. The summed E-state index contributed by atoms with van der Waals surface area (Å²) in [6.07, 6.45) is 0. The van der Waals surface area contributed by atoms with E-state index in [1.54, 1.807) is 14.2 Å². The molecule has 0 rings (SSSR count). The van der Waals surface area contributed by atoms with E-state index < -0.39 is 0 Å². The summed E-state index contributed by atoms with van der Waals surface area (Å²) in [6, 6.07) is 0. The van der Waals surface area contributed by atoms with Gasteiger partial charge in [-0.1, -0.05) is 0 Å². The van der Waals surface area contributed by atoms with Crippen molar-refractivity contribution in [1.82, 2.24) is 0 Å². The molecule has 0 fully saturated rings. The second kappa shape index (κ2) is 9.49. The van der Waals surface area contributed by atoms with Gasteiger partial charge < -0.3 is 9.47 Å². The molecular weight excluding hydrogens is 108 g/mol. The fraction of sp³-hybridized carbons (Fsp3) is 1.00. The molecule has 0 bridgehead atoms. The Hall–Kier alpha value is 1.18. The monoisotopic (exact) mass is 118 g/mol. The summed E-state index contributed by atoms with van der Waals surface area (Å²) in [7, 11) is 3.17. The van der Waals surface area contributed by atoms with Crippen LogP contribution in [-0.4, -0.2) is 58.8 Å². The number of rotatable bonds is 2. The molecule has 0 aliphatic rings. The van der Waals surface area contributed by atoms with Gasteiger partial charge in [0.05, 0.1) is 0 Å². The number of ether oxygens (including phenoxy) is 2. The van der Waals surface area contributed by atoms with E-state index in [9.17, 15) is 0 Å². The standard InChI is InChI=1S/C3H8O2.Ca.2H/c1-4-3-5-2;;;/h3H2,1-2H3;;;. The van der Waals surface area contributed by atoms with Crippen LogP contribution in [0.15, 0.2) is 0 Å². The Morgan fingerprint density at radius 1 is 1.17 bits per heavy atom. The van der Waals surface area contributed by atoms with Gasteiger partial charge in [0.15, 0.2) is 0 Å². The molecule has 0 atom stereocenters. The second-order valence-electron chi connectivity index (χ2n) is 0.695. The Balaban J connectivity index is 0. The molecule has 0 aromatic rings. The Kier molecular flexibility index (Phi) is 16.2. The number of methoxy groups -OCH3 is 2. The Morgan fingerprint density at radius 3 is 1.50 bits per heavy atom. The van der Waals surface area contributed by atoms with Crippen LogP contribution in [0, 0.1) is 0 Å². The summed E-state index contributed by atoms with van der Waals surface area (Å²) in [6.45, 7) is 0.389. The first-order valence-electron chi connectivity index (χ1n) is 1.39. The molecule has 0 aromatic heterocycles. The molecule has 0 unspecified atom stereocenters. The Morgan fingerprint density at radius 2 is 1.50 bits per heavy atom. The van der Waals surface area contributed by atoms with Crippen molar-refractivity contribution in [2.24, 2.45) is 0 Å². The van der Waals surface area contributed by atoms with Crippen molar-refractivity contribution in [2.75, 3.05) is 21.0 Å². The summed E-state index contributed by atoms with van der Waals surface area (Å²) in [5, 5.41) is 0. The van der Waals surface area contributed by atoms with Gasteiger partial charge in [0.1, 0.15) is 6.79 Å². The van der Waals surface area contributed by atoms with Crippen LogP contribution in [0.5, 0.6) is 0 Å². The zero-order valence-electron chi connectivity index (χ0n) is 3.52. The maximum atomic E-state index is 4.47. The molecule has 0 saturated carbocycles. The second-order valence-corrected chi connectivity index (χ2v) is 0.695. The molecular formula is C3H10CaO2. The third-order valence-corrected chi connectivity index (χ3v) is 0.236. The van der Waals surface area contributed by atoms with E-state index in [2.05, 4.69) is 9.47 Å². The van der Waals surface area contributed by atoms with Gasteiger partial charge in [-0.15, -0.1) is 0 Å². The molecule has 3 heteroatoms. The Bertz CT molecular complexity index is 16.3. The molecule has 0 saturated heterocycles. The third-order valence-electron chi connectivity index (χ3n) is 0.236. The van der Waals surface area contributed by atoms with Crippen molar-refractivity contribution in [3.63, 3.8) is 0 Å². The van der Waals surface area contributed by atoms with Gasteiger partial charge in [-0.05, 0) is 0 Å². The quantitative estimate of drug-likeness (QED) is 0.353. The van der Waals surface area contributed by atoms with Gasteiger partial charge >= 0.3 is 37.7 Å². The van der Waals surface area contributed by atoms with Crippen LogP contribution in [0.25, 0.3) is 0 Å². The minimum atomic E-state index is 0. The Labute approximate surface area is 67.8 Å². The van der Waals surface area contributed by atoms with Crippen LogP contribution in [0.1, 0.15) is 0 Å². The summed E-state index contributed by atoms with van der Waals surface area (Å²) in [5.41, 5.74) is 0. The van der Waals surface area contributed by atoms with Crippen molar-refractivity contribution >= 4 is 37.7 Å². The molecule has 2 nitrogen and oxygen atoms in total. The van der Waals surface area contributed by atoms with E-state index in [0.29, 0.717) is 6.79 Å². The molecule has 0 aromatic carbocycles. The number of hydrogen-bond acceptors (Lipinski definition) is 2. The van der Waals surface area contributed by atoms with Crippen LogP contribution in [0.3, 0.4) is 0 Å². The summed E-state index contributed by atoms with van der Waals surface area (Å²) < 4.78 is 8.94. The van der Waals surface area contributed by atoms with Crippen molar-refractivity contribution in [1.29, 1.82) is 0 Å². The van der Waals surface area contributed by atoms with Crippen molar-refractivity contribution in [3.05, 3.63) is 0 Å². The van der Waals surface area contributed by atoms with Crippen molar-refractivity contribution in [2.45, 2.75) is 0 Å². The van der Waals surface area contributed by atoms with Gasteiger partial charge in [-0.25, -0.2) is 0 Å². The topological polar surface area (TPSA) is 18.5 Å². The molecule has 0 amide bonds. The first kappa shape index (κ1) is 10.2. The van der Waals surface area contributed by atoms with E-state index in [1.807, 2.05) is 0 Å². The molecule has 0 N–H and O–H groups in total.